The highest BCUT2D eigenvalue weighted by Gasteiger charge is 2.39. The van der Waals surface area contributed by atoms with Crippen LogP contribution >= 0.6 is 0 Å². The fraction of sp³-hybridized carbons (Fsp3) is 0.438. The Bertz CT molecular complexity index is 490. The van der Waals surface area contributed by atoms with Crippen LogP contribution in [0, 0.1) is 17.3 Å². The summed E-state index contributed by atoms with van der Waals surface area (Å²) in [5.74, 6) is 5.93. The molecule has 0 aromatic heterocycles. The maximum absolute atomic E-state index is 12.2. The minimum Gasteiger partial charge on any atom is -0.286 e. The topological polar surface area (TPSA) is 40.5 Å². The first-order valence-electron chi connectivity index (χ1n) is 6.69. The van der Waals surface area contributed by atoms with Crippen LogP contribution < -0.4 is 0 Å². The minimum absolute atomic E-state index is 0.282. The van der Waals surface area contributed by atoms with E-state index in [1.807, 2.05) is 30.3 Å². The van der Waals surface area contributed by atoms with E-state index in [0.717, 1.165) is 37.7 Å². The molecule has 3 nitrogen and oxygen atoms in total. The third-order valence-electron chi connectivity index (χ3n) is 3.63. The Morgan fingerprint density at radius 2 is 1.84 bits per heavy atom. The molecule has 19 heavy (non-hydrogen) atoms. The average Bonchev–Trinajstić information content (AvgIpc) is 2.46. The highest BCUT2D eigenvalue weighted by atomic mass is 16.5. The van der Waals surface area contributed by atoms with Gasteiger partial charge < -0.3 is 0 Å². The predicted octanol–water partition coefficient (Wildman–Crippen LogP) is 2.84. The van der Waals surface area contributed by atoms with E-state index in [1.165, 1.54) is 7.05 Å². The molecule has 0 saturated heterocycles. The Morgan fingerprint density at radius 1 is 1.21 bits per heavy atom. The first kappa shape index (κ1) is 13.6. The molecule has 0 bridgehead atoms. The number of nitrogens with zero attached hydrogens (tertiary/aromatic N) is 1. The van der Waals surface area contributed by atoms with Crippen LogP contribution in [0.4, 0.5) is 0 Å². The van der Waals surface area contributed by atoms with Crippen molar-refractivity contribution in [3.8, 4) is 11.8 Å². The Hall–Kier alpha value is -1.79. The van der Waals surface area contributed by atoms with E-state index in [4.69, 9.17) is 0 Å². The lowest BCUT2D eigenvalue weighted by Gasteiger charge is -2.32. The second kappa shape index (κ2) is 5.90. The molecule has 1 aliphatic rings. The van der Waals surface area contributed by atoms with E-state index in [2.05, 4.69) is 11.8 Å². The second-order valence-corrected chi connectivity index (χ2v) is 5.09. The number of benzene rings is 1. The number of hydrogen-bond acceptors (Lipinski definition) is 2. The zero-order valence-electron chi connectivity index (χ0n) is 11.2. The largest absolute Gasteiger partial charge is 0.286 e. The van der Waals surface area contributed by atoms with Gasteiger partial charge in [-0.25, -0.2) is 5.06 Å². The molecule has 0 heterocycles. The van der Waals surface area contributed by atoms with Gasteiger partial charge in [-0.05, 0) is 25.0 Å². The lowest BCUT2D eigenvalue weighted by molar-refractivity contribution is -0.169. The monoisotopic (exact) mass is 257 g/mol. The number of carbonyl (C=O) groups excluding carboxylic acids is 1. The summed E-state index contributed by atoms with van der Waals surface area (Å²) in [5, 5.41) is 10.1. The molecule has 1 aromatic rings. The molecule has 1 aromatic carbocycles. The Labute approximate surface area is 114 Å². The van der Waals surface area contributed by atoms with Crippen LogP contribution in [0.5, 0.6) is 0 Å². The van der Waals surface area contributed by atoms with Crippen molar-refractivity contribution >= 4 is 5.91 Å². The first-order valence-corrected chi connectivity index (χ1v) is 6.69. The summed E-state index contributed by atoms with van der Waals surface area (Å²) >= 11 is 0. The molecule has 1 saturated carbocycles. The van der Waals surface area contributed by atoms with Gasteiger partial charge in [0, 0.05) is 12.6 Å². The van der Waals surface area contributed by atoms with Gasteiger partial charge in [0.15, 0.2) is 0 Å². The van der Waals surface area contributed by atoms with Crippen molar-refractivity contribution < 1.29 is 10.0 Å². The maximum Gasteiger partial charge on any atom is 0.263 e. The molecule has 100 valence electrons. The van der Waals surface area contributed by atoms with Crippen LogP contribution in [0.15, 0.2) is 30.3 Å². The van der Waals surface area contributed by atoms with E-state index >= 15 is 0 Å². The molecule has 0 atom stereocenters. The lowest BCUT2D eigenvalue weighted by atomic mass is 9.73. The van der Waals surface area contributed by atoms with E-state index in [1.54, 1.807) is 0 Å². The van der Waals surface area contributed by atoms with E-state index in [9.17, 15) is 10.0 Å². The number of rotatable bonds is 1. The highest BCUT2D eigenvalue weighted by Crippen LogP contribution is 2.37. The zero-order chi connectivity index (χ0) is 13.7. The average molecular weight is 257 g/mol. The molecule has 2 rings (SSSR count). The smallest absolute Gasteiger partial charge is 0.263 e. The summed E-state index contributed by atoms with van der Waals surface area (Å²) in [6, 6.07) is 9.65. The minimum atomic E-state index is -0.711. The number of carbonyl (C=O) groups is 1. The van der Waals surface area contributed by atoms with Gasteiger partial charge in [0.05, 0.1) is 0 Å². The SMILES string of the molecule is CN(O)C(=O)C1(C#Cc2ccccc2)CCCCC1. The van der Waals surface area contributed by atoms with Crippen molar-refractivity contribution in [2.24, 2.45) is 5.41 Å². The third kappa shape index (κ3) is 3.15. The predicted molar refractivity (Wildman–Crippen MR) is 73.4 cm³/mol. The summed E-state index contributed by atoms with van der Waals surface area (Å²) in [7, 11) is 1.38. The summed E-state index contributed by atoms with van der Waals surface area (Å²) in [6.07, 6.45) is 4.58. The second-order valence-electron chi connectivity index (χ2n) is 5.09. The van der Waals surface area contributed by atoms with Gasteiger partial charge in [-0.15, -0.1) is 0 Å². The van der Waals surface area contributed by atoms with Gasteiger partial charge in [-0.3, -0.25) is 10.0 Å². The summed E-state index contributed by atoms with van der Waals surface area (Å²) < 4.78 is 0. The molecule has 1 amide bonds. The van der Waals surface area contributed by atoms with Crippen LogP contribution in [0.3, 0.4) is 0 Å². The van der Waals surface area contributed by atoms with Gasteiger partial charge in [0.25, 0.3) is 5.91 Å². The summed E-state index contributed by atoms with van der Waals surface area (Å²) in [5.41, 5.74) is 0.193. The van der Waals surface area contributed by atoms with E-state index < -0.39 is 5.41 Å². The molecule has 1 N–H and O–H groups in total. The van der Waals surface area contributed by atoms with Crippen LogP contribution in [0.1, 0.15) is 37.7 Å². The number of hydroxylamine groups is 2. The normalized spacial score (nSPS) is 17.2. The van der Waals surface area contributed by atoms with Gasteiger partial charge in [0.2, 0.25) is 0 Å². The molecule has 0 aliphatic heterocycles. The molecular formula is C16H19NO2. The Balaban J connectivity index is 2.29. The number of amides is 1. The van der Waals surface area contributed by atoms with Crippen molar-refractivity contribution in [3.05, 3.63) is 35.9 Å². The maximum atomic E-state index is 12.2. The Kier molecular flexibility index (Phi) is 4.24. The standard InChI is InChI=1S/C16H19NO2/c1-17(19)15(18)16(11-6-3-7-12-16)13-10-14-8-4-2-5-9-14/h2,4-5,8-9,19H,3,6-7,11-12H2,1H3. The van der Waals surface area contributed by atoms with Crippen molar-refractivity contribution in [2.45, 2.75) is 32.1 Å². The van der Waals surface area contributed by atoms with Crippen LogP contribution in [-0.4, -0.2) is 23.2 Å². The molecule has 0 spiro atoms. The van der Waals surface area contributed by atoms with Crippen molar-refractivity contribution in [1.29, 1.82) is 0 Å². The van der Waals surface area contributed by atoms with Gasteiger partial charge >= 0.3 is 0 Å². The summed E-state index contributed by atoms with van der Waals surface area (Å²) in [4.78, 5) is 12.2. The molecular weight excluding hydrogens is 238 g/mol. The summed E-state index contributed by atoms with van der Waals surface area (Å²) in [6.45, 7) is 0. The molecule has 1 fully saturated rings. The molecule has 0 unspecified atom stereocenters. The molecule has 1 aliphatic carbocycles. The fourth-order valence-electron chi connectivity index (χ4n) is 2.57. The van der Waals surface area contributed by atoms with Gasteiger partial charge in [-0.2, -0.15) is 0 Å². The van der Waals surface area contributed by atoms with Gasteiger partial charge in [0.1, 0.15) is 5.41 Å². The van der Waals surface area contributed by atoms with E-state index in [-0.39, 0.29) is 5.91 Å². The van der Waals surface area contributed by atoms with Crippen molar-refractivity contribution in [1.82, 2.24) is 5.06 Å². The molecule has 0 radical (unpaired) electrons. The number of hydrogen-bond donors (Lipinski definition) is 1. The van der Waals surface area contributed by atoms with Crippen molar-refractivity contribution in [3.63, 3.8) is 0 Å². The highest BCUT2D eigenvalue weighted by molar-refractivity contribution is 5.85. The quantitative estimate of drug-likeness (QED) is 0.477. The van der Waals surface area contributed by atoms with Gasteiger partial charge in [-0.1, -0.05) is 49.3 Å². The first-order chi connectivity index (χ1) is 9.14. The zero-order valence-corrected chi connectivity index (χ0v) is 11.2. The third-order valence-corrected chi connectivity index (χ3v) is 3.63. The van der Waals surface area contributed by atoms with Crippen LogP contribution in [0.2, 0.25) is 0 Å². The fourth-order valence-corrected chi connectivity index (χ4v) is 2.57. The van der Waals surface area contributed by atoms with Crippen LogP contribution in [-0.2, 0) is 4.79 Å². The Morgan fingerprint density at radius 3 is 2.42 bits per heavy atom. The van der Waals surface area contributed by atoms with E-state index in [0.29, 0.717) is 5.06 Å². The van der Waals surface area contributed by atoms with Crippen molar-refractivity contribution in [2.75, 3.05) is 7.05 Å². The van der Waals surface area contributed by atoms with Crippen LogP contribution in [0.25, 0.3) is 0 Å². The lowest BCUT2D eigenvalue weighted by Crippen LogP contribution is -2.41. The molecule has 3 heteroatoms.